The van der Waals surface area contributed by atoms with Crippen LogP contribution < -0.4 is 9.64 Å². The Bertz CT molecular complexity index is 796. The van der Waals surface area contributed by atoms with E-state index in [-0.39, 0.29) is 0 Å². The number of hydrogen-bond donors (Lipinski definition) is 1. The third-order valence-electron chi connectivity index (χ3n) is 4.17. The fraction of sp³-hybridized carbons (Fsp3) is 0.500. The molecule has 8 nitrogen and oxygen atoms in total. The highest BCUT2D eigenvalue weighted by Gasteiger charge is 2.31. The van der Waals surface area contributed by atoms with Gasteiger partial charge in [-0.1, -0.05) is 0 Å². The Morgan fingerprint density at radius 1 is 1.20 bits per heavy atom. The van der Waals surface area contributed by atoms with Gasteiger partial charge >= 0.3 is 0 Å². The first-order valence-corrected chi connectivity index (χ1v) is 9.78. The molecule has 0 aliphatic carbocycles. The number of hydrogen-bond acceptors (Lipinski definition) is 6. The van der Waals surface area contributed by atoms with Gasteiger partial charge in [-0.05, 0) is 31.2 Å². The zero-order chi connectivity index (χ0) is 17.9. The van der Waals surface area contributed by atoms with Gasteiger partial charge in [0.15, 0.2) is 6.54 Å². The second kappa shape index (κ2) is 7.51. The first-order valence-electron chi connectivity index (χ1n) is 8.34. The summed E-state index contributed by atoms with van der Waals surface area (Å²) in [6, 6.07) is 6.58. The lowest BCUT2D eigenvalue weighted by molar-refractivity contribution is -0.918. The Morgan fingerprint density at radius 2 is 1.88 bits per heavy atom. The number of ether oxygens (including phenoxy) is 1. The second-order valence-electron chi connectivity index (χ2n) is 5.95. The fourth-order valence-corrected chi connectivity index (χ4v) is 4.31. The van der Waals surface area contributed by atoms with Crippen LogP contribution >= 0.6 is 0 Å². The van der Waals surface area contributed by atoms with E-state index < -0.39 is 10.0 Å². The first-order chi connectivity index (χ1) is 12.0. The summed E-state index contributed by atoms with van der Waals surface area (Å²) in [5.74, 6) is 1.81. The Hall–Kier alpha value is -1.97. The molecule has 136 valence electrons. The minimum atomic E-state index is -3.47. The number of quaternary nitrogens is 1. The third kappa shape index (κ3) is 4.17. The first kappa shape index (κ1) is 17.8. The van der Waals surface area contributed by atoms with Crippen LogP contribution in [0.3, 0.4) is 0 Å². The summed E-state index contributed by atoms with van der Waals surface area (Å²) in [7, 11) is -3.47. The topological polar surface area (TPSA) is 90.0 Å². The smallest absolute Gasteiger partial charge is 0.271 e. The lowest BCUT2D eigenvalue weighted by Gasteiger charge is -2.30. The number of nitrogens with one attached hydrogen (secondary N) is 1. The molecule has 0 radical (unpaired) electrons. The lowest BCUT2D eigenvalue weighted by atomic mass is 10.3. The highest BCUT2D eigenvalue weighted by Crippen LogP contribution is 2.19. The second-order valence-corrected chi connectivity index (χ2v) is 7.89. The monoisotopic (exact) mass is 367 g/mol. The minimum absolute atomic E-state index is 0.298. The van der Waals surface area contributed by atoms with Crippen LogP contribution in [-0.2, 0) is 16.6 Å². The number of piperazine rings is 1. The van der Waals surface area contributed by atoms with E-state index in [0.29, 0.717) is 61.8 Å². The van der Waals surface area contributed by atoms with Gasteiger partial charge in [-0.25, -0.2) is 8.42 Å². The van der Waals surface area contributed by atoms with Crippen molar-refractivity contribution in [2.45, 2.75) is 25.3 Å². The maximum Gasteiger partial charge on any atom is 0.271 e. The Morgan fingerprint density at radius 3 is 2.44 bits per heavy atom. The van der Waals surface area contributed by atoms with E-state index in [1.165, 1.54) is 9.21 Å². The summed E-state index contributed by atoms with van der Waals surface area (Å²) >= 11 is 0. The van der Waals surface area contributed by atoms with Crippen LogP contribution in [0, 0.1) is 6.92 Å². The molecule has 25 heavy (non-hydrogen) atoms. The molecule has 9 heteroatoms. The molecule has 1 aromatic heterocycles. The Labute approximate surface area is 147 Å². The van der Waals surface area contributed by atoms with Crippen molar-refractivity contribution in [1.82, 2.24) is 14.5 Å². The van der Waals surface area contributed by atoms with Crippen molar-refractivity contribution in [3.8, 4) is 5.75 Å². The van der Waals surface area contributed by atoms with E-state index in [9.17, 15) is 8.42 Å². The average Bonchev–Trinajstić information content (AvgIpc) is 3.01. The normalized spacial score (nSPS) is 16.9. The highest BCUT2D eigenvalue weighted by atomic mass is 32.2. The Balaban J connectivity index is 1.60. The number of aromatic nitrogens is 2. The standard InChI is InChI=1S/C16H22N4O4S/c1-3-23-14-4-6-15(7-5-14)25(21,22)20-10-8-19(9-11-20)12-16-18-17-13(2)24-16/h4-7H,3,8-12H2,1-2H3/p+1. The summed E-state index contributed by atoms with van der Waals surface area (Å²) in [5.41, 5.74) is 0. The number of benzene rings is 1. The van der Waals surface area contributed by atoms with E-state index in [0.717, 1.165) is 0 Å². The SMILES string of the molecule is CCOc1ccc(S(=O)(=O)N2CC[NH+](Cc3nnc(C)o3)CC2)cc1. The zero-order valence-electron chi connectivity index (χ0n) is 14.4. The fourth-order valence-electron chi connectivity index (χ4n) is 2.87. The van der Waals surface area contributed by atoms with Crippen molar-refractivity contribution in [3.63, 3.8) is 0 Å². The van der Waals surface area contributed by atoms with Crippen LogP contribution in [0.2, 0.25) is 0 Å². The molecular formula is C16H23N4O4S+. The van der Waals surface area contributed by atoms with Gasteiger partial charge in [0, 0.05) is 6.92 Å². The Kier molecular flexibility index (Phi) is 5.36. The summed E-state index contributed by atoms with van der Waals surface area (Å²) < 4.78 is 37.8. The van der Waals surface area contributed by atoms with Crippen LogP contribution in [0.4, 0.5) is 0 Å². The molecule has 0 unspecified atom stereocenters. The van der Waals surface area contributed by atoms with Gasteiger partial charge in [0.1, 0.15) is 5.75 Å². The molecular weight excluding hydrogens is 344 g/mol. The van der Waals surface area contributed by atoms with Crippen LogP contribution in [-0.4, -0.2) is 55.7 Å². The van der Waals surface area contributed by atoms with Crippen LogP contribution in [0.15, 0.2) is 33.6 Å². The molecule has 0 bridgehead atoms. The molecule has 1 aliphatic rings. The van der Waals surface area contributed by atoms with Crippen molar-refractivity contribution in [2.24, 2.45) is 0 Å². The van der Waals surface area contributed by atoms with E-state index >= 15 is 0 Å². The van der Waals surface area contributed by atoms with Gasteiger partial charge in [-0.2, -0.15) is 4.31 Å². The number of aryl methyl sites for hydroxylation is 1. The van der Waals surface area contributed by atoms with Gasteiger partial charge in [-0.3, -0.25) is 0 Å². The molecule has 1 fully saturated rings. The highest BCUT2D eigenvalue weighted by molar-refractivity contribution is 7.89. The summed E-state index contributed by atoms with van der Waals surface area (Å²) in [5, 5.41) is 7.82. The van der Waals surface area contributed by atoms with Crippen LogP contribution in [0.5, 0.6) is 5.75 Å². The van der Waals surface area contributed by atoms with Gasteiger partial charge in [0.2, 0.25) is 15.9 Å². The van der Waals surface area contributed by atoms with Gasteiger partial charge in [0.05, 0.1) is 37.7 Å². The molecule has 3 rings (SSSR count). The van der Waals surface area contributed by atoms with Crippen LogP contribution in [0.1, 0.15) is 18.7 Å². The number of nitrogens with zero attached hydrogens (tertiary/aromatic N) is 3. The van der Waals surface area contributed by atoms with Crippen molar-refractivity contribution >= 4 is 10.0 Å². The summed E-state index contributed by atoms with van der Waals surface area (Å²) in [4.78, 5) is 1.54. The third-order valence-corrected chi connectivity index (χ3v) is 6.08. The summed E-state index contributed by atoms with van der Waals surface area (Å²) in [6.45, 7) is 7.18. The maximum absolute atomic E-state index is 12.8. The number of sulfonamides is 1. The number of rotatable bonds is 6. The predicted molar refractivity (Wildman–Crippen MR) is 89.8 cm³/mol. The molecule has 2 heterocycles. The van der Waals surface area contributed by atoms with Gasteiger partial charge in [0.25, 0.3) is 5.89 Å². The summed E-state index contributed by atoms with van der Waals surface area (Å²) in [6.07, 6.45) is 0. The van der Waals surface area contributed by atoms with Crippen molar-refractivity contribution in [3.05, 3.63) is 36.0 Å². The van der Waals surface area contributed by atoms with E-state index in [1.807, 2.05) is 6.92 Å². The quantitative estimate of drug-likeness (QED) is 0.765. The molecule has 1 aliphatic heterocycles. The largest absolute Gasteiger partial charge is 0.494 e. The molecule has 2 aromatic rings. The molecule has 1 aromatic carbocycles. The molecule has 1 N–H and O–H groups in total. The minimum Gasteiger partial charge on any atom is -0.494 e. The molecule has 0 spiro atoms. The van der Waals surface area contributed by atoms with Crippen molar-refractivity contribution in [2.75, 3.05) is 32.8 Å². The molecule has 1 saturated heterocycles. The molecule has 0 atom stereocenters. The predicted octanol–water partition coefficient (Wildman–Crippen LogP) is -0.134. The van der Waals surface area contributed by atoms with E-state index in [4.69, 9.17) is 9.15 Å². The van der Waals surface area contributed by atoms with Gasteiger partial charge in [-0.15, -0.1) is 10.2 Å². The van der Waals surface area contributed by atoms with Crippen LogP contribution in [0.25, 0.3) is 0 Å². The van der Waals surface area contributed by atoms with Gasteiger partial charge < -0.3 is 14.1 Å². The average molecular weight is 367 g/mol. The van der Waals surface area contributed by atoms with E-state index in [2.05, 4.69) is 10.2 Å². The molecule has 0 saturated carbocycles. The lowest BCUT2D eigenvalue weighted by Crippen LogP contribution is -3.13. The van der Waals surface area contributed by atoms with Crippen molar-refractivity contribution < 1.29 is 22.5 Å². The maximum atomic E-state index is 12.8. The van der Waals surface area contributed by atoms with E-state index in [1.54, 1.807) is 31.2 Å². The zero-order valence-corrected chi connectivity index (χ0v) is 15.3. The van der Waals surface area contributed by atoms with Crippen molar-refractivity contribution in [1.29, 1.82) is 0 Å². The molecule has 0 amide bonds.